The summed E-state index contributed by atoms with van der Waals surface area (Å²) < 4.78 is 0.858. The molecule has 6 nitrogen and oxygen atoms in total. The Morgan fingerprint density at radius 1 is 1.10 bits per heavy atom. The summed E-state index contributed by atoms with van der Waals surface area (Å²) in [6.45, 7) is 2.47. The van der Waals surface area contributed by atoms with Crippen molar-refractivity contribution in [2.45, 2.75) is 25.7 Å². The van der Waals surface area contributed by atoms with E-state index in [1.54, 1.807) is 12.1 Å². The van der Waals surface area contributed by atoms with Gasteiger partial charge in [0.2, 0.25) is 11.0 Å². The molecule has 0 aliphatic heterocycles. The highest BCUT2D eigenvalue weighted by atomic mass is 79.9. The average molecular weight is 473 g/mol. The van der Waals surface area contributed by atoms with Crippen LogP contribution in [-0.4, -0.2) is 28.6 Å². The molecule has 0 aliphatic carbocycles. The molecule has 0 fully saturated rings. The van der Waals surface area contributed by atoms with Crippen LogP contribution >= 0.6 is 27.3 Å². The Kier molecular flexibility index (Phi) is 7.48. The zero-order valence-electron chi connectivity index (χ0n) is 15.9. The minimum absolute atomic E-state index is 0.0907. The van der Waals surface area contributed by atoms with Gasteiger partial charge in [0.1, 0.15) is 5.01 Å². The Hall–Kier alpha value is -2.58. The molecule has 1 heterocycles. The number of halogens is 1. The van der Waals surface area contributed by atoms with Gasteiger partial charge >= 0.3 is 0 Å². The van der Waals surface area contributed by atoms with Gasteiger partial charge in [-0.15, -0.1) is 10.2 Å². The van der Waals surface area contributed by atoms with E-state index in [-0.39, 0.29) is 17.7 Å². The average Bonchev–Trinajstić information content (AvgIpc) is 3.15. The smallest absolute Gasteiger partial charge is 0.251 e. The predicted octanol–water partition coefficient (Wildman–Crippen LogP) is 4.41. The third-order valence-electron chi connectivity index (χ3n) is 4.28. The highest BCUT2D eigenvalue weighted by molar-refractivity contribution is 9.10. The largest absolute Gasteiger partial charge is 0.352 e. The molecule has 0 spiro atoms. The molecule has 0 saturated heterocycles. The van der Waals surface area contributed by atoms with Crippen molar-refractivity contribution >= 4 is 44.2 Å². The van der Waals surface area contributed by atoms with Gasteiger partial charge in [0.05, 0.1) is 0 Å². The molecule has 0 saturated carbocycles. The van der Waals surface area contributed by atoms with Gasteiger partial charge in [0, 0.05) is 29.4 Å². The van der Waals surface area contributed by atoms with Crippen LogP contribution in [0, 0.1) is 0 Å². The third-order valence-corrected chi connectivity index (χ3v) is 5.68. The van der Waals surface area contributed by atoms with Crippen molar-refractivity contribution in [2.75, 3.05) is 11.9 Å². The molecule has 1 atom stereocenters. The summed E-state index contributed by atoms with van der Waals surface area (Å²) in [5.74, 6) is -0.108. The van der Waals surface area contributed by atoms with Crippen LogP contribution in [0.4, 0.5) is 5.13 Å². The number of benzene rings is 2. The van der Waals surface area contributed by atoms with Crippen LogP contribution in [0.15, 0.2) is 59.1 Å². The summed E-state index contributed by atoms with van der Waals surface area (Å²) in [7, 11) is 0. The molecule has 8 heteroatoms. The SMILES string of the molecule is CC(CC(=O)Nc1nnc(CCNC(=O)c2cccc(Br)c2)s1)c1ccccc1. The van der Waals surface area contributed by atoms with E-state index in [9.17, 15) is 9.59 Å². The number of hydrogen-bond donors (Lipinski definition) is 2. The maximum atomic E-state index is 12.3. The van der Waals surface area contributed by atoms with Gasteiger partial charge in [-0.3, -0.25) is 9.59 Å². The van der Waals surface area contributed by atoms with Crippen molar-refractivity contribution in [1.82, 2.24) is 15.5 Å². The lowest BCUT2D eigenvalue weighted by molar-refractivity contribution is -0.116. The first kappa shape index (κ1) is 21.1. The van der Waals surface area contributed by atoms with E-state index in [2.05, 4.69) is 36.8 Å². The van der Waals surface area contributed by atoms with Crippen molar-refractivity contribution in [3.8, 4) is 0 Å². The molecule has 29 heavy (non-hydrogen) atoms. The van der Waals surface area contributed by atoms with E-state index >= 15 is 0 Å². The van der Waals surface area contributed by atoms with Gasteiger partial charge in [0.15, 0.2) is 0 Å². The zero-order valence-corrected chi connectivity index (χ0v) is 18.3. The second-order valence-electron chi connectivity index (χ2n) is 6.58. The third kappa shape index (κ3) is 6.47. The normalized spacial score (nSPS) is 11.7. The lowest BCUT2D eigenvalue weighted by Gasteiger charge is -2.10. The Balaban J connectivity index is 1.44. The number of carbonyl (C=O) groups is 2. The number of aromatic nitrogens is 2. The fourth-order valence-corrected chi connectivity index (χ4v) is 3.92. The first-order valence-electron chi connectivity index (χ1n) is 9.22. The molecule has 2 aromatic carbocycles. The van der Waals surface area contributed by atoms with E-state index in [4.69, 9.17) is 0 Å². The zero-order chi connectivity index (χ0) is 20.6. The first-order valence-corrected chi connectivity index (χ1v) is 10.8. The number of nitrogens with zero attached hydrogens (tertiary/aromatic N) is 2. The predicted molar refractivity (Wildman–Crippen MR) is 118 cm³/mol. The van der Waals surface area contributed by atoms with Crippen molar-refractivity contribution in [3.05, 3.63) is 75.2 Å². The van der Waals surface area contributed by atoms with Crippen LogP contribution in [-0.2, 0) is 11.2 Å². The van der Waals surface area contributed by atoms with Gasteiger partial charge < -0.3 is 10.6 Å². The Morgan fingerprint density at radius 3 is 2.66 bits per heavy atom. The number of anilines is 1. The molecule has 3 rings (SSSR count). The topological polar surface area (TPSA) is 84.0 Å². The molecular formula is C21H21BrN4O2S. The van der Waals surface area contributed by atoms with E-state index in [0.717, 1.165) is 15.0 Å². The highest BCUT2D eigenvalue weighted by Gasteiger charge is 2.13. The standard InChI is InChI=1S/C21H21BrN4O2S/c1-14(15-6-3-2-4-7-15)12-18(27)24-21-26-25-19(29-21)10-11-23-20(28)16-8-5-9-17(22)13-16/h2-9,13-14H,10-12H2,1H3,(H,23,28)(H,24,26,27). The molecule has 0 aliphatic rings. The Morgan fingerprint density at radius 2 is 1.90 bits per heavy atom. The van der Waals surface area contributed by atoms with Crippen molar-refractivity contribution in [3.63, 3.8) is 0 Å². The minimum atomic E-state index is -0.140. The van der Waals surface area contributed by atoms with Crippen LogP contribution in [0.25, 0.3) is 0 Å². The number of nitrogens with one attached hydrogen (secondary N) is 2. The van der Waals surface area contributed by atoms with E-state index in [1.165, 1.54) is 11.3 Å². The second-order valence-corrected chi connectivity index (χ2v) is 8.56. The lowest BCUT2D eigenvalue weighted by atomic mass is 9.98. The van der Waals surface area contributed by atoms with Crippen molar-refractivity contribution in [1.29, 1.82) is 0 Å². The van der Waals surface area contributed by atoms with Gasteiger partial charge in [0.25, 0.3) is 5.91 Å². The number of hydrogen-bond acceptors (Lipinski definition) is 5. The van der Waals surface area contributed by atoms with Crippen LogP contribution in [0.1, 0.15) is 40.2 Å². The molecule has 2 amide bonds. The van der Waals surface area contributed by atoms with Crippen molar-refractivity contribution < 1.29 is 9.59 Å². The van der Waals surface area contributed by atoms with Crippen LogP contribution in [0.2, 0.25) is 0 Å². The molecule has 1 aromatic heterocycles. The van der Waals surface area contributed by atoms with Crippen LogP contribution in [0.5, 0.6) is 0 Å². The van der Waals surface area contributed by atoms with E-state index < -0.39 is 0 Å². The highest BCUT2D eigenvalue weighted by Crippen LogP contribution is 2.21. The quantitative estimate of drug-likeness (QED) is 0.508. The summed E-state index contributed by atoms with van der Waals surface area (Å²) in [5.41, 5.74) is 1.72. The lowest BCUT2D eigenvalue weighted by Crippen LogP contribution is -2.25. The number of rotatable bonds is 8. The number of amides is 2. The Labute approximate surface area is 181 Å². The summed E-state index contributed by atoms with van der Waals surface area (Å²) in [5, 5.41) is 15.0. The second kappa shape index (κ2) is 10.3. The summed E-state index contributed by atoms with van der Waals surface area (Å²) >= 11 is 4.68. The van der Waals surface area contributed by atoms with E-state index in [0.29, 0.717) is 30.1 Å². The minimum Gasteiger partial charge on any atom is -0.352 e. The fourth-order valence-electron chi connectivity index (χ4n) is 2.77. The molecule has 0 bridgehead atoms. The van der Waals surface area contributed by atoms with Gasteiger partial charge in [-0.25, -0.2) is 0 Å². The summed E-state index contributed by atoms with van der Waals surface area (Å²) in [6.07, 6.45) is 0.926. The molecular weight excluding hydrogens is 452 g/mol. The Bertz CT molecular complexity index is 978. The van der Waals surface area contributed by atoms with Gasteiger partial charge in [-0.2, -0.15) is 0 Å². The number of carbonyl (C=O) groups excluding carboxylic acids is 2. The molecule has 150 valence electrons. The van der Waals surface area contributed by atoms with Crippen LogP contribution < -0.4 is 10.6 Å². The van der Waals surface area contributed by atoms with E-state index in [1.807, 2.05) is 49.4 Å². The molecule has 3 aromatic rings. The molecule has 2 N–H and O–H groups in total. The van der Waals surface area contributed by atoms with Crippen molar-refractivity contribution in [2.24, 2.45) is 0 Å². The summed E-state index contributed by atoms with van der Waals surface area (Å²) in [6, 6.07) is 17.1. The molecule has 1 unspecified atom stereocenters. The molecule has 0 radical (unpaired) electrons. The first-order chi connectivity index (χ1) is 14.0. The van der Waals surface area contributed by atoms with Gasteiger partial charge in [-0.1, -0.05) is 70.6 Å². The van der Waals surface area contributed by atoms with Gasteiger partial charge in [-0.05, 0) is 29.7 Å². The monoisotopic (exact) mass is 472 g/mol. The summed E-state index contributed by atoms with van der Waals surface area (Å²) in [4.78, 5) is 24.4. The van der Waals surface area contributed by atoms with Crippen LogP contribution in [0.3, 0.4) is 0 Å². The maximum absolute atomic E-state index is 12.3. The fraction of sp³-hybridized carbons (Fsp3) is 0.238. The maximum Gasteiger partial charge on any atom is 0.251 e.